The van der Waals surface area contributed by atoms with Crippen molar-refractivity contribution >= 4 is 10.5 Å². The lowest BCUT2D eigenvalue weighted by Crippen LogP contribution is -2.48. The Morgan fingerprint density at radius 3 is 2.27 bits per heavy atom. The minimum Gasteiger partial charge on any atom is -0.422 e. The summed E-state index contributed by atoms with van der Waals surface area (Å²) in [6.45, 7) is 7.81. The topological polar surface area (TPSA) is 49.7 Å². The lowest BCUT2D eigenvalue weighted by molar-refractivity contribution is -0.0625. The molecule has 15 heavy (non-hydrogen) atoms. The fourth-order valence-corrected chi connectivity index (χ4v) is 1.52. The van der Waals surface area contributed by atoms with E-state index < -0.39 is 17.1 Å². The predicted molar refractivity (Wildman–Crippen MR) is 64.4 cm³/mol. The van der Waals surface area contributed by atoms with Crippen molar-refractivity contribution in [2.45, 2.75) is 45.8 Å². The normalized spacial score (nSPS) is 14.5. The Balaban J connectivity index is 4.67. The maximum Gasteiger partial charge on any atom is 0.146 e. The average molecular weight is 230 g/mol. The van der Waals surface area contributed by atoms with E-state index in [9.17, 15) is 5.11 Å². The van der Waals surface area contributed by atoms with Crippen LogP contribution in [0.3, 0.4) is 0 Å². The zero-order valence-corrected chi connectivity index (χ0v) is 12.3. The standard InChI is InChI=1S/C11H22O3Si/c1-10(2,11(3,4)14-15)9(13)7-5-6-8-12/h9,12-13H,6,8H2,1-4,15H3. The molecule has 1 unspecified atom stereocenters. The first-order valence-corrected chi connectivity index (χ1v) is 5.93. The van der Waals surface area contributed by atoms with Gasteiger partial charge in [0.05, 0.1) is 12.2 Å². The van der Waals surface area contributed by atoms with Gasteiger partial charge in [-0.15, -0.1) is 0 Å². The third-order valence-electron chi connectivity index (χ3n) is 3.22. The maximum absolute atomic E-state index is 9.95. The highest BCUT2D eigenvalue weighted by Gasteiger charge is 2.41. The van der Waals surface area contributed by atoms with Gasteiger partial charge in [0, 0.05) is 11.8 Å². The third-order valence-corrected chi connectivity index (χ3v) is 4.24. The molecule has 3 nitrogen and oxygen atoms in total. The maximum atomic E-state index is 9.95. The number of aliphatic hydroxyl groups excluding tert-OH is 2. The van der Waals surface area contributed by atoms with Crippen molar-refractivity contribution in [2.24, 2.45) is 5.41 Å². The van der Waals surface area contributed by atoms with Crippen LogP contribution >= 0.6 is 0 Å². The van der Waals surface area contributed by atoms with Crippen LogP contribution in [0.2, 0.25) is 0 Å². The molecule has 0 spiro atoms. The molecule has 0 aliphatic heterocycles. The lowest BCUT2D eigenvalue weighted by atomic mass is 9.73. The average Bonchev–Trinajstić information content (AvgIpc) is 2.17. The van der Waals surface area contributed by atoms with Crippen molar-refractivity contribution in [3.05, 3.63) is 0 Å². The van der Waals surface area contributed by atoms with E-state index in [1.807, 2.05) is 27.7 Å². The van der Waals surface area contributed by atoms with Crippen LogP contribution in [0.15, 0.2) is 0 Å². The van der Waals surface area contributed by atoms with Crippen LogP contribution in [0.5, 0.6) is 0 Å². The summed E-state index contributed by atoms with van der Waals surface area (Å²) < 4.78 is 5.49. The molecule has 0 amide bonds. The van der Waals surface area contributed by atoms with Gasteiger partial charge in [0.2, 0.25) is 0 Å². The molecule has 2 N–H and O–H groups in total. The van der Waals surface area contributed by atoms with Gasteiger partial charge in [0.25, 0.3) is 0 Å². The Bertz CT molecular complexity index is 250. The molecular weight excluding hydrogens is 208 g/mol. The Labute approximate surface area is 95.4 Å². The molecule has 0 fully saturated rings. The summed E-state index contributed by atoms with van der Waals surface area (Å²) in [6.07, 6.45) is -0.344. The van der Waals surface area contributed by atoms with Crippen molar-refractivity contribution < 1.29 is 14.6 Å². The van der Waals surface area contributed by atoms with E-state index in [-0.39, 0.29) is 6.61 Å². The molecule has 0 rings (SSSR count). The van der Waals surface area contributed by atoms with Gasteiger partial charge in [0.15, 0.2) is 0 Å². The Morgan fingerprint density at radius 2 is 1.87 bits per heavy atom. The summed E-state index contributed by atoms with van der Waals surface area (Å²) in [6, 6.07) is 0. The van der Waals surface area contributed by atoms with Crippen molar-refractivity contribution in [2.75, 3.05) is 6.61 Å². The largest absolute Gasteiger partial charge is 0.422 e. The summed E-state index contributed by atoms with van der Waals surface area (Å²) in [4.78, 5) is 0. The number of rotatable bonds is 4. The van der Waals surface area contributed by atoms with Gasteiger partial charge in [-0.2, -0.15) is 0 Å². The van der Waals surface area contributed by atoms with Crippen molar-refractivity contribution in [3.63, 3.8) is 0 Å². The molecular formula is C11H22O3Si. The molecule has 0 aliphatic rings. The minimum atomic E-state index is -0.743. The highest BCUT2D eigenvalue weighted by Crippen LogP contribution is 2.36. The van der Waals surface area contributed by atoms with E-state index in [2.05, 4.69) is 11.8 Å². The molecule has 88 valence electrons. The molecule has 0 saturated carbocycles. The fourth-order valence-electron chi connectivity index (χ4n) is 0.997. The number of hydrogen-bond donors (Lipinski definition) is 2. The molecule has 0 aromatic heterocycles. The van der Waals surface area contributed by atoms with Crippen LogP contribution in [0.1, 0.15) is 34.1 Å². The first kappa shape index (κ1) is 14.7. The highest BCUT2D eigenvalue weighted by atomic mass is 28.2. The second kappa shape index (κ2) is 5.66. The van der Waals surface area contributed by atoms with Crippen molar-refractivity contribution in [1.82, 2.24) is 0 Å². The van der Waals surface area contributed by atoms with Crippen LogP contribution in [0, 0.1) is 17.3 Å². The van der Waals surface area contributed by atoms with Gasteiger partial charge < -0.3 is 14.6 Å². The van der Waals surface area contributed by atoms with Gasteiger partial charge >= 0.3 is 0 Å². The van der Waals surface area contributed by atoms with E-state index in [0.717, 1.165) is 0 Å². The van der Waals surface area contributed by atoms with E-state index in [4.69, 9.17) is 9.53 Å². The van der Waals surface area contributed by atoms with Crippen LogP contribution in [0.25, 0.3) is 0 Å². The molecule has 0 aliphatic carbocycles. The van der Waals surface area contributed by atoms with E-state index in [0.29, 0.717) is 16.9 Å². The van der Waals surface area contributed by atoms with Crippen LogP contribution in [0.4, 0.5) is 0 Å². The van der Waals surface area contributed by atoms with Gasteiger partial charge in [-0.3, -0.25) is 0 Å². The SMILES string of the molecule is CC(C)(O[SiH3])C(C)(C)C(O)C#CCCO. The summed E-state index contributed by atoms with van der Waals surface area (Å²) >= 11 is 0. The Hall–Kier alpha value is -0.343. The molecule has 4 heteroatoms. The molecule has 0 bridgehead atoms. The summed E-state index contributed by atoms with van der Waals surface area (Å²) in [5.41, 5.74) is -0.830. The summed E-state index contributed by atoms with van der Waals surface area (Å²) in [5, 5.41) is 18.5. The molecule has 0 radical (unpaired) electrons. The van der Waals surface area contributed by atoms with Gasteiger partial charge in [-0.05, 0) is 13.8 Å². The molecule has 0 saturated heterocycles. The van der Waals surface area contributed by atoms with Crippen LogP contribution in [-0.4, -0.2) is 39.0 Å². The van der Waals surface area contributed by atoms with Gasteiger partial charge in [0.1, 0.15) is 16.6 Å². The molecule has 0 heterocycles. The second-order valence-electron chi connectivity index (χ2n) is 4.63. The number of hydrogen-bond acceptors (Lipinski definition) is 3. The smallest absolute Gasteiger partial charge is 0.146 e. The van der Waals surface area contributed by atoms with Crippen molar-refractivity contribution in [1.29, 1.82) is 0 Å². The summed E-state index contributed by atoms with van der Waals surface area (Å²) in [5.74, 6) is 5.49. The lowest BCUT2D eigenvalue weighted by Gasteiger charge is -2.42. The fraction of sp³-hybridized carbons (Fsp3) is 0.818. The first-order chi connectivity index (χ1) is 6.79. The van der Waals surface area contributed by atoms with E-state index in [1.54, 1.807) is 0 Å². The quantitative estimate of drug-likeness (QED) is 0.521. The van der Waals surface area contributed by atoms with Crippen LogP contribution in [-0.2, 0) is 4.43 Å². The van der Waals surface area contributed by atoms with Crippen molar-refractivity contribution in [3.8, 4) is 11.8 Å². The molecule has 0 aromatic carbocycles. The van der Waals surface area contributed by atoms with Crippen LogP contribution < -0.4 is 0 Å². The first-order valence-electron chi connectivity index (χ1n) is 5.12. The molecule has 0 aromatic rings. The second-order valence-corrected chi connectivity index (χ2v) is 5.04. The molecule has 1 atom stereocenters. The minimum absolute atomic E-state index is 0.0285. The van der Waals surface area contributed by atoms with Gasteiger partial charge in [-0.25, -0.2) is 0 Å². The zero-order valence-electron chi connectivity index (χ0n) is 10.3. The zero-order chi connectivity index (χ0) is 12.1. The third kappa shape index (κ3) is 3.62. The summed E-state index contributed by atoms with van der Waals surface area (Å²) in [7, 11) is 0.630. The predicted octanol–water partition coefficient (Wildman–Crippen LogP) is -0.165. The highest BCUT2D eigenvalue weighted by molar-refractivity contribution is 5.98. The number of aliphatic hydroxyl groups is 2. The van der Waals surface area contributed by atoms with E-state index >= 15 is 0 Å². The van der Waals surface area contributed by atoms with E-state index in [1.165, 1.54) is 0 Å². The Morgan fingerprint density at radius 1 is 1.33 bits per heavy atom. The Kier molecular flexibility index (Phi) is 5.53. The van der Waals surface area contributed by atoms with Gasteiger partial charge in [-0.1, -0.05) is 25.7 Å². The monoisotopic (exact) mass is 230 g/mol.